The van der Waals surface area contributed by atoms with Crippen LogP contribution in [0.15, 0.2) is 47.5 Å². The van der Waals surface area contributed by atoms with E-state index in [9.17, 15) is 31.9 Å². The summed E-state index contributed by atoms with van der Waals surface area (Å²) in [5.41, 5.74) is -0.0886. The van der Waals surface area contributed by atoms with Crippen molar-refractivity contribution in [3.8, 4) is 0 Å². The number of Topliss-reactive ketones (excluding diaryl/α,β-unsaturated/α-hetero) is 1. The average Bonchev–Trinajstić information content (AvgIpc) is 2.84. The Labute approximate surface area is 204 Å². The fraction of sp³-hybridized carbons (Fsp3) is 0.385. The van der Waals surface area contributed by atoms with Crippen molar-refractivity contribution < 1.29 is 27.2 Å². The van der Waals surface area contributed by atoms with E-state index in [2.05, 4.69) is 4.98 Å². The van der Waals surface area contributed by atoms with Crippen LogP contribution in [0.3, 0.4) is 0 Å². The monoisotopic (exact) mass is 503 g/mol. The van der Waals surface area contributed by atoms with Crippen LogP contribution in [0.1, 0.15) is 48.8 Å². The largest absolute Gasteiger partial charge is 0.419 e. The number of fused-ring (bicyclic) bond motifs is 1. The van der Waals surface area contributed by atoms with Gasteiger partial charge in [0.05, 0.1) is 29.3 Å². The van der Waals surface area contributed by atoms with E-state index in [-0.39, 0.29) is 48.1 Å². The summed E-state index contributed by atoms with van der Waals surface area (Å²) in [4.78, 5) is 43.2. The molecule has 1 aliphatic rings. The zero-order chi connectivity index (χ0) is 26.0. The number of piperidine rings is 1. The number of alkyl halides is 3. The van der Waals surface area contributed by atoms with Crippen molar-refractivity contribution in [2.24, 2.45) is 0 Å². The van der Waals surface area contributed by atoms with Gasteiger partial charge in [0.15, 0.2) is 5.78 Å². The molecule has 2 heterocycles. The number of hydrogen-bond acceptors (Lipinski definition) is 4. The third-order valence-corrected chi connectivity index (χ3v) is 6.64. The van der Waals surface area contributed by atoms with Gasteiger partial charge < -0.3 is 4.90 Å². The summed E-state index contributed by atoms with van der Waals surface area (Å²) >= 11 is 0. The zero-order valence-electron chi connectivity index (χ0n) is 19.6. The predicted octanol–water partition coefficient (Wildman–Crippen LogP) is 4.48. The van der Waals surface area contributed by atoms with Crippen LogP contribution in [0.2, 0.25) is 0 Å². The van der Waals surface area contributed by atoms with Crippen LogP contribution in [0.4, 0.5) is 17.6 Å². The summed E-state index contributed by atoms with van der Waals surface area (Å²) in [5.74, 6) is -1.47. The second-order valence-corrected chi connectivity index (χ2v) is 9.09. The standard InChI is InChI=1S/C26H25F4N3O3/c1-16(34)32-10-8-18(9-11-32)19-4-7-24-21(13-19)25(36)33(15-31-24)14-20(35)5-2-17-3-6-23(27)22(12-17)26(28,29)30/h3-4,6-7,12-13,15,18H,2,5,8-11,14H2,1H3. The maximum atomic E-state index is 13.5. The number of nitrogens with zero attached hydrogens (tertiary/aromatic N) is 3. The van der Waals surface area contributed by atoms with E-state index in [0.29, 0.717) is 30.1 Å². The topological polar surface area (TPSA) is 72.3 Å². The van der Waals surface area contributed by atoms with Gasteiger partial charge in [0.2, 0.25) is 5.91 Å². The first-order chi connectivity index (χ1) is 17.0. The molecule has 4 rings (SSSR count). The van der Waals surface area contributed by atoms with E-state index in [4.69, 9.17) is 0 Å². The van der Waals surface area contributed by atoms with Gasteiger partial charge in [-0.3, -0.25) is 19.0 Å². The first-order valence-corrected chi connectivity index (χ1v) is 11.6. The van der Waals surface area contributed by atoms with Gasteiger partial charge in [0.25, 0.3) is 5.56 Å². The molecule has 0 N–H and O–H groups in total. The number of carbonyl (C=O) groups excluding carboxylic acids is 2. The molecule has 10 heteroatoms. The summed E-state index contributed by atoms with van der Waals surface area (Å²) in [6.07, 6.45) is -2.08. The van der Waals surface area contributed by atoms with Crippen LogP contribution in [-0.2, 0) is 28.7 Å². The van der Waals surface area contributed by atoms with E-state index in [1.165, 1.54) is 17.0 Å². The Morgan fingerprint density at radius 2 is 1.81 bits per heavy atom. The number of amides is 1. The maximum Gasteiger partial charge on any atom is 0.419 e. The minimum Gasteiger partial charge on any atom is -0.343 e. The Balaban J connectivity index is 1.45. The fourth-order valence-electron chi connectivity index (χ4n) is 4.57. The van der Waals surface area contributed by atoms with Crippen molar-refractivity contribution in [1.82, 2.24) is 14.5 Å². The molecule has 0 atom stereocenters. The molecule has 0 radical (unpaired) electrons. The molecule has 3 aromatic rings. The molecule has 0 bridgehead atoms. The van der Waals surface area contributed by atoms with Crippen LogP contribution in [-0.4, -0.2) is 39.2 Å². The number of benzene rings is 2. The number of hydrogen-bond donors (Lipinski definition) is 0. The summed E-state index contributed by atoms with van der Waals surface area (Å²) in [7, 11) is 0. The van der Waals surface area contributed by atoms with Gasteiger partial charge in [-0.2, -0.15) is 13.2 Å². The van der Waals surface area contributed by atoms with Crippen LogP contribution in [0.25, 0.3) is 10.9 Å². The van der Waals surface area contributed by atoms with Crippen molar-refractivity contribution in [3.63, 3.8) is 0 Å². The van der Waals surface area contributed by atoms with Crippen molar-refractivity contribution in [3.05, 3.63) is 75.6 Å². The smallest absolute Gasteiger partial charge is 0.343 e. The molecule has 1 saturated heterocycles. The van der Waals surface area contributed by atoms with Crippen molar-refractivity contribution in [1.29, 1.82) is 0 Å². The first kappa shape index (κ1) is 25.5. The molecule has 0 spiro atoms. The van der Waals surface area contributed by atoms with Crippen LogP contribution < -0.4 is 5.56 Å². The van der Waals surface area contributed by atoms with Gasteiger partial charge in [-0.15, -0.1) is 0 Å². The van der Waals surface area contributed by atoms with Gasteiger partial charge in [-0.1, -0.05) is 12.1 Å². The van der Waals surface area contributed by atoms with Gasteiger partial charge in [0.1, 0.15) is 5.82 Å². The third kappa shape index (κ3) is 5.63. The lowest BCUT2D eigenvalue weighted by Crippen LogP contribution is -2.36. The molecule has 1 amide bonds. The quantitative estimate of drug-likeness (QED) is 0.465. The second kappa shape index (κ2) is 10.2. The zero-order valence-corrected chi connectivity index (χ0v) is 19.6. The number of carbonyl (C=O) groups is 2. The summed E-state index contributed by atoms with van der Waals surface area (Å²) < 4.78 is 53.4. The number of rotatable bonds is 6. The Bertz CT molecular complexity index is 1360. The predicted molar refractivity (Wildman–Crippen MR) is 125 cm³/mol. The van der Waals surface area contributed by atoms with E-state index in [0.717, 1.165) is 24.5 Å². The van der Waals surface area contributed by atoms with Gasteiger partial charge in [-0.25, -0.2) is 9.37 Å². The highest BCUT2D eigenvalue weighted by molar-refractivity contribution is 5.80. The molecule has 1 aliphatic heterocycles. The Hall–Kier alpha value is -3.56. The minimum atomic E-state index is -4.82. The maximum absolute atomic E-state index is 13.5. The molecule has 1 aromatic heterocycles. The third-order valence-electron chi connectivity index (χ3n) is 6.64. The van der Waals surface area contributed by atoms with E-state index in [1.807, 2.05) is 6.07 Å². The Kier molecular flexibility index (Phi) is 7.23. The summed E-state index contributed by atoms with van der Waals surface area (Å²) in [5, 5.41) is 0.380. The number of aromatic nitrogens is 2. The van der Waals surface area contributed by atoms with Gasteiger partial charge >= 0.3 is 6.18 Å². The SMILES string of the molecule is CC(=O)N1CCC(c2ccc3ncn(CC(=O)CCc4ccc(F)c(C(F)(F)F)c4)c(=O)c3c2)CC1. The highest BCUT2D eigenvalue weighted by atomic mass is 19.4. The Morgan fingerprint density at radius 1 is 1.08 bits per heavy atom. The van der Waals surface area contributed by atoms with Crippen molar-refractivity contribution >= 4 is 22.6 Å². The van der Waals surface area contributed by atoms with Crippen LogP contribution >= 0.6 is 0 Å². The molecule has 6 nitrogen and oxygen atoms in total. The number of ketones is 1. The molecule has 0 unspecified atom stereocenters. The lowest BCUT2D eigenvalue weighted by atomic mass is 9.89. The molecule has 2 aromatic carbocycles. The van der Waals surface area contributed by atoms with Crippen molar-refractivity contribution in [2.75, 3.05) is 13.1 Å². The van der Waals surface area contributed by atoms with Crippen molar-refractivity contribution in [2.45, 2.75) is 51.2 Å². The van der Waals surface area contributed by atoms with E-state index >= 15 is 0 Å². The van der Waals surface area contributed by atoms with Crippen LogP contribution in [0.5, 0.6) is 0 Å². The van der Waals surface area contributed by atoms with Gasteiger partial charge in [-0.05, 0) is 60.6 Å². The number of aryl methyl sites for hydroxylation is 1. The van der Waals surface area contributed by atoms with Gasteiger partial charge in [0, 0.05) is 26.4 Å². The minimum absolute atomic E-state index is 0.0128. The lowest BCUT2D eigenvalue weighted by molar-refractivity contribution is -0.140. The molecular weight excluding hydrogens is 478 g/mol. The number of likely N-dealkylation sites (tertiary alicyclic amines) is 1. The Morgan fingerprint density at radius 3 is 2.47 bits per heavy atom. The average molecular weight is 503 g/mol. The highest BCUT2D eigenvalue weighted by Gasteiger charge is 2.34. The number of halogens is 4. The van der Waals surface area contributed by atoms with E-state index < -0.39 is 17.6 Å². The lowest BCUT2D eigenvalue weighted by Gasteiger charge is -2.31. The second-order valence-electron chi connectivity index (χ2n) is 9.09. The molecule has 0 saturated carbocycles. The summed E-state index contributed by atoms with van der Waals surface area (Å²) in [6, 6.07) is 8.14. The highest BCUT2D eigenvalue weighted by Crippen LogP contribution is 2.32. The van der Waals surface area contributed by atoms with Crippen LogP contribution in [0, 0.1) is 5.82 Å². The molecule has 0 aliphatic carbocycles. The molecule has 1 fully saturated rings. The molecule has 36 heavy (non-hydrogen) atoms. The fourth-order valence-corrected chi connectivity index (χ4v) is 4.57. The first-order valence-electron chi connectivity index (χ1n) is 11.6. The normalized spacial score (nSPS) is 14.9. The molecular formula is C26H25F4N3O3. The molecule has 190 valence electrons. The van der Waals surface area contributed by atoms with E-state index in [1.54, 1.807) is 24.0 Å². The summed E-state index contributed by atoms with van der Waals surface area (Å²) in [6.45, 7) is 2.59.